The summed E-state index contributed by atoms with van der Waals surface area (Å²) in [5, 5.41) is 3.32. The van der Waals surface area contributed by atoms with Crippen LogP contribution in [0, 0.1) is 6.92 Å². The molecule has 1 aliphatic rings. The van der Waals surface area contributed by atoms with E-state index in [2.05, 4.69) is 60.3 Å². The molecule has 0 radical (unpaired) electrons. The van der Waals surface area contributed by atoms with Gasteiger partial charge in [-0.2, -0.15) is 0 Å². The number of likely N-dealkylation sites (N-methyl/N-ethyl adjacent to an activating group) is 2. The van der Waals surface area contributed by atoms with Crippen LogP contribution in [0.2, 0.25) is 0 Å². The van der Waals surface area contributed by atoms with Crippen molar-refractivity contribution in [3.05, 3.63) is 29.8 Å². The number of benzene rings is 1. The van der Waals surface area contributed by atoms with Crippen LogP contribution in [-0.4, -0.2) is 50.7 Å². The highest BCUT2D eigenvalue weighted by atomic mass is 15.3. The van der Waals surface area contributed by atoms with Crippen LogP contribution in [0.25, 0.3) is 0 Å². The molecule has 1 aliphatic heterocycles. The topological polar surface area (TPSA) is 18.5 Å². The molecule has 2 rings (SSSR count). The van der Waals surface area contributed by atoms with Gasteiger partial charge in [0.1, 0.15) is 0 Å². The van der Waals surface area contributed by atoms with Crippen LogP contribution in [-0.2, 0) is 0 Å². The first kappa shape index (κ1) is 13.4. The van der Waals surface area contributed by atoms with Gasteiger partial charge in [-0.25, -0.2) is 0 Å². The third kappa shape index (κ3) is 2.85. The lowest BCUT2D eigenvalue weighted by Gasteiger charge is -2.45. The summed E-state index contributed by atoms with van der Waals surface area (Å²) in [5.41, 5.74) is 2.67. The molecular formula is C15H25N3. The predicted octanol–water partition coefficient (Wildman–Crippen LogP) is 1.72. The molecule has 1 saturated heterocycles. The summed E-state index contributed by atoms with van der Waals surface area (Å²) in [6.45, 7) is 7.70. The summed E-state index contributed by atoms with van der Waals surface area (Å²) < 4.78 is 0. The molecule has 0 amide bonds. The smallest absolute Gasteiger partial charge is 0.0542 e. The molecule has 100 valence electrons. The van der Waals surface area contributed by atoms with Crippen LogP contribution >= 0.6 is 0 Å². The van der Waals surface area contributed by atoms with E-state index in [1.54, 1.807) is 0 Å². The predicted molar refractivity (Wildman–Crippen MR) is 78.3 cm³/mol. The lowest BCUT2D eigenvalue weighted by molar-refractivity contribution is 0.199. The molecule has 0 spiro atoms. The molecule has 3 heteroatoms. The summed E-state index contributed by atoms with van der Waals surface area (Å²) in [6, 6.07) is 10.1. The summed E-state index contributed by atoms with van der Waals surface area (Å²) in [4.78, 5) is 4.99. The fourth-order valence-electron chi connectivity index (χ4n) is 2.65. The maximum atomic E-state index is 3.32. The Kier molecular flexibility index (Phi) is 4.25. The lowest BCUT2D eigenvalue weighted by atomic mass is 10.1. The maximum absolute atomic E-state index is 3.32. The van der Waals surface area contributed by atoms with E-state index in [4.69, 9.17) is 0 Å². The second-order valence-electron chi connectivity index (χ2n) is 5.49. The van der Waals surface area contributed by atoms with E-state index in [9.17, 15) is 0 Å². The van der Waals surface area contributed by atoms with E-state index in [-0.39, 0.29) is 0 Å². The average Bonchev–Trinajstić information content (AvgIpc) is 2.35. The minimum atomic E-state index is 0.555. The number of hydrogen-bond donors (Lipinski definition) is 1. The normalized spacial score (nSPS) is 25.4. The zero-order valence-electron chi connectivity index (χ0n) is 12.0. The molecule has 0 aliphatic carbocycles. The zero-order chi connectivity index (χ0) is 13.1. The summed E-state index contributed by atoms with van der Waals surface area (Å²) in [7, 11) is 4.26. The van der Waals surface area contributed by atoms with Gasteiger partial charge in [-0.3, -0.25) is 4.90 Å². The summed E-state index contributed by atoms with van der Waals surface area (Å²) in [5.74, 6) is 0. The Morgan fingerprint density at radius 1 is 1.22 bits per heavy atom. The highest BCUT2D eigenvalue weighted by Crippen LogP contribution is 2.22. The van der Waals surface area contributed by atoms with E-state index in [1.165, 1.54) is 11.3 Å². The molecule has 0 bridgehead atoms. The number of piperazine rings is 1. The Morgan fingerprint density at radius 3 is 2.50 bits per heavy atom. The maximum Gasteiger partial charge on any atom is 0.0542 e. The Hall–Kier alpha value is -1.06. The molecule has 1 N–H and O–H groups in total. The third-order valence-electron chi connectivity index (χ3n) is 3.96. The monoisotopic (exact) mass is 247 g/mol. The Labute approximate surface area is 111 Å². The second-order valence-corrected chi connectivity index (χ2v) is 5.49. The first-order valence-corrected chi connectivity index (χ1v) is 6.80. The average molecular weight is 247 g/mol. The van der Waals surface area contributed by atoms with Gasteiger partial charge >= 0.3 is 0 Å². The first-order valence-electron chi connectivity index (χ1n) is 6.80. The fourth-order valence-corrected chi connectivity index (χ4v) is 2.65. The molecule has 0 aromatic heterocycles. The van der Waals surface area contributed by atoms with Crippen molar-refractivity contribution in [1.82, 2.24) is 10.2 Å². The number of aryl methyl sites for hydroxylation is 1. The van der Waals surface area contributed by atoms with Gasteiger partial charge in [-0.1, -0.05) is 17.7 Å². The Bertz CT molecular complexity index is 374. The minimum absolute atomic E-state index is 0.555. The SMILES string of the molecule is CNCC1CN(C)C(C)CN1c1ccc(C)cc1. The van der Waals surface area contributed by atoms with Crippen LogP contribution < -0.4 is 10.2 Å². The van der Waals surface area contributed by atoms with Crippen LogP contribution in [0.3, 0.4) is 0 Å². The van der Waals surface area contributed by atoms with E-state index >= 15 is 0 Å². The van der Waals surface area contributed by atoms with Crippen LogP contribution in [0.1, 0.15) is 12.5 Å². The molecule has 1 aromatic carbocycles. The van der Waals surface area contributed by atoms with E-state index < -0.39 is 0 Å². The molecule has 2 unspecified atom stereocenters. The van der Waals surface area contributed by atoms with Crippen molar-refractivity contribution in [2.75, 3.05) is 38.6 Å². The molecule has 3 nitrogen and oxygen atoms in total. The largest absolute Gasteiger partial charge is 0.364 e. The number of anilines is 1. The van der Waals surface area contributed by atoms with Crippen molar-refractivity contribution in [3.8, 4) is 0 Å². The first-order chi connectivity index (χ1) is 8.61. The van der Waals surface area contributed by atoms with Gasteiger partial charge < -0.3 is 10.2 Å². The molecule has 1 heterocycles. The van der Waals surface area contributed by atoms with E-state index in [0.29, 0.717) is 12.1 Å². The quantitative estimate of drug-likeness (QED) is 0.877. The van der Waals surface area contributed by atoms with Gasteiger partial charge in [-0.15, -0.1) is 0 Å². The summed E-state index contributed by atoms with van der Waals surface area (Å²) in [6.07, 6.45) is 0. The van der Waals surface area contributed by atoms with Gasteiger partial charge in [0.05, 0.1) is 6.04 Å². The number of nitrogens with one attached hydrogen (secondary N) is 1. The van der Waals surface area contributed by atoms with Crippen molar-refractivity contribution < 1.29 is 0 Å². The molecule has 0 saturated carbocycles. The number of rotatable bonds is 3. The fraction of sp³-hybridized carbons (Fsp3) is 0.600. The summed E-state index contributed by atoms with van der Waals surface area (Å²) >= 11 is 0. The second kappa shape index (κ2) is 5.72. The van der Waals surface area contributed by atoms with Gasteiger partial charge in [0.2, 0.25) is 0 Å². The molecule has 1 fully saturated rings. The molecule has 2 atom stereocenters. The Morgan fingerprint density at radius 2 is 1.89 bits per heavy atom. The third-order valence-corrected chi connectivity index (χ3v) is 3.96. The zero-order valence-corrected chi connectivity index (χ0v) is 12.0. The van der Waals surface area contributed by atoms with Gasteiger partial charge in [0, 0.05) is 31.4 Å². The standard InChI is InChI=1S/C15H25N3/c1-12-5-7-14(8-6-12)18-10-13(2)17(4)11-15(18)9-16-3/h5-8,13,15-16H,9-11H2,1-4H3. The van der Waals surface area contributed by atoms with E-state index in [1.807, 2.05) is 7.05 Å². The minimum Gasteiger partial charge on any atom is -0.364 e. The molecule has 1 aromatic rings. The molecule has 18 heavy (non-hydrogen) atoms. The highest BCUT2D eigenvalue weighted by molar-refractivity contribution is 5.49. The van der Waals surface area contributed by atoms with E-state index in [0.717, 1.165) is 19.6 Å². The van der Waals surface area contributed by atoms with Crippen molar-refractivity contribution >= 4 is 5.69 Å². The van der Waals surface area contributed by atoms with Crippen molar-refractivity contribution in [2.45, 2.75) is 25.9 Å². The number of hydrogen-bond acceptors (Lipinski definition) is 3. The molecular weight excluding hydrogens is 222 g/mol. The van der Waals surface area contributed by atoms with Gasteiger partial charge in [0.15, 0.2) is 0 Å². The van der Waals surface area contributed by atoms with Crippen LogP contribution in [0.4, 0.5) is 5.69 Å². The van der Waals surface area contributed by atoms with Crippen molar-refractivity contribution in [1.29, 1.82) is 0 Å². The Balaban J connectivity index is 2.19. The van der Waals surface area contributed by atoms with Gasteiger partial charge in [-0.05, 0) is 40.1 Å². The highest BCUT2D eigenvalue weighted by Gasteiger charge is 2.29. The number of nitrogens with zero attached hydrogens (tertiary/aromatic N) is 2. The van der Waals surface area contributed by atoms with Gasteiger partial charge in [0.25, 0.3) is 0 Å². The van der Waals surface area contributed by atoms with Crippen molar-refractivity contribution in [2.24, 2.45) is 0 Å². The van der Waals surface area contributed by atoms with Crippen molar-refractivity contribution in [3.63, 3.8) is 0 Å². The van der Waals surface area contributed by atoms with Crippen LogP contribution in [0.5, 0.6) is 0 Å². The van der Waals surface area contributed by atoms with Crippen LogP contribution in [0.15, 0.2) is 24.3 Å². The lowest BCUT2D eigenvalue weighted by Crippen LogP contribution is -2.58.